The maximum atomic E-state index is 11.9. The van der Waals surface area contributed by atoms with Crippen molar-refractivity contribution in [3.8, 4) is 5.75 Å². The van der Waals surface area contributed by atoms with Crippen molar-refractivity contribution in [3.63, 3.8) is 0 Å². The van der Waals surface area contributed by atoms with Gasteiger partial charge in [0.1, 0.15) is 5.75 Å². The van der Waals surface area contributed by atoms with E-state index in [4.69, 9.17) is 10.5 Å². The molecule has 1 amide bonds. The van der Waals surface area contributed by atoms with Gasteiger partial charge in [0.2, 0.25) is 5.91 Å². The molecule has 0 aliphatic heterocycles. The van der Waals surface area contributed by atoms with Gasteiger partial charge in [-0.05, 0) is 43.0 Å². The zero-order valence-electron chi connectivity index (χ0n) is 12.2. The molecule has 0 saturated heterocycles. The predicted molar refractivity (Wildman–Crippen MR) is 77.2 cm³/mol. The molecular formula is C15H24N2O2. The number of hydrogen-bond donors (Lipinski definition) is 2. The number of carbonyl (C=O) groups is 1. The molecule has 0 saturated carbocycles. The first-order valence-electron chi connectivity index (χ1n) is 6.65. The van der Waals surface area contributed by atoms with E-state index in [1.165, 1.54) is 0 Å². The Labute approximate surface area is 115 Å². The standard InChI is InChI=1S/C15H24N2O2/c1-5-12(8-16)15(18)17-9-13-6-7-14(19-4)11(3)10(13)2/h6-7,12H,5,8-9,16H2,1-4H3,(H,17,18). The Kier molecular flexibility index (Phi) is 5.83. The van der Waals surface area contributed by atoms with E-state index in [2.05, 4.69) is 5.32 Å². The molecule has 19 heavy (non-hydrogen) atoms. The first-order valence-corrected chi connectivity index (χ1v) is 6.65. The smallest absolute Gasteiger partial charge is 0.224 e. The highest BCUT2D eigenvalue weighted by Crippen LogP contribution is 2.23. The van der Waals surface area contributed by atoms with Gasteiger partial charge in [0.15, 0.2) is 0 Å². The van der Waals surface area contributed by atoms with Crippen LogP contribution in [0, 0.1) is 19.8 Å². The average molecular weight is 264 g/mol. The van der Waals surface area contributed by atoms with Crippen molar-refractivity contribution >= 4 is 5.91 Å². The van der Waals surface area contributed by atoms with Crippen molar-refractivity contribution < 1.29 is 9.53 Å². The number of methoxy groups -OCH3 is 1. The van der Waals surface area contributed by atoms with Crippen molar-refractivity contribution in [1.29, 1.82) is 0 Å². The van der Waals surface area contributed by atoms with Crippen LogP contribution >= 0.6 is 0 Å². The summed E-state index contributed by atoms with van der Waals surface area (Å²) < 4.78 is 5.28. The Hall–Kier alpha value is -1.55. The number of benzene rings is 1. The van der Waals surface area contributed by atoms with E-state index in [0.717, 1.165) is 28.9 Å². The molecule has 0 bridgehead atoms. The minimum absolute atomic E-state index is 0.0258. The molecule has 4 nitrogen and oxygen atoms in total. The SMILES string of the molecule is CCC(CN)C(=O)NCc1ccc(OC)c(C)c1C. The summed E-state index contributed by atoms with van der Waals surface area (Å²) in [6.07, 6.45) is 0.767. The third kappa shape index (κ3) is 3.70. The lowest BCUT2D eigenvalue weighted by atomic mass is 10.0. The molecule has 1 atom stereocenters. The highest BCUT2D eigenvalue weighted by molar-refractivity contribution is 5.78. The van der Waals surface area contributed by atoms with Gasteiger partial charge < -0.3 is 15.8 Å². The molecule has 4 heteroatoms. The normalized spacial score (nSPS) is 12.1. The summed E-state index contributed by atoms with van der Waals surface area (Å²) in [6, 6.07) is 3.93. The first kappa shape index (κ1) is 15.5. The van der Waals surface area contributed by atoms with Gasteiger partial charge in [0.05, 0.1) is 7.11 Å². The van der Waals surface area contributed by atoms with Crippen molar-refractivity contribution in [1.82, 2.24) is 5.32 Å². The van der Waals surface area contributed by atoms with Crippen LogP contribution in [0.2, 0.25) is 0 Å². The number of hydrogen-bond acceptors (Lipinski definition) is 3. The van der Waals surface area contributed by atoms with Gasteiger partial charge in [0.25, 0.3) is 0 Å². The van der Waals surface area contributed by atoms with Crippen LogP contribution in [0.4, 0.5) is 0 Å². The number of nitrogens with two attached hydrogens (primary N) is 1. The van der Waals surface area contributed by atoms with Gasteiger partial charge in [-0.25, -0.2) is 0 Å². The maximum absolute atomic E-state index is 11.9. The van der Waals surface area contributed by atoms with E-state index in [0.29, 0.717) is 13.1 Å². The van der Waals surface area contributed by atoms with Crippen LogP contribution in [0.1, 0.15) is 30.0 Å². The van der Waals surface area contributed by atoms with Gasteiger partial charge in [-0.15, -0.1) is 0 Å². The van der Waals surface area contributed by atoms with E-state index >= 15 is 0 Å². The van der Waals surface area contributed by atoms with Crippen molar-refractivity contribution in [2.75, 3.05) is 13.7 Å². The van der Waals surface area contributed by atoms with Gasteiger partial charge in [0, 0.05) is 19.0 Å². The van der Waals surface area contributed by atoms with Crippen LogP contribution in [-0.2, 0) is 11.3 Å². The Morgan fingerprint density at radius 1 is 1.37 bits per heavy atom. The quantitative estimate of drug-likeness (QED) is 0.825. The fourth-order valence-electron chi connectivity index (χ4n) is 2.05. The van der Waals surface area contributed by atoms with Crippen LogP contribution in [0.15, 0.2) is 12.1 Å². The van der Waals surface area contributed by atoms with Crippen LogP contribution in [0.5, 0.6) is 5.75 Å². The Bertz CT molecular complexity index is 440. The van der Waals surface area contributed by atoms with Gasteiger partial charge in [-0.2, -0.15) is 0 Å². The second-order valence-corrected chi connectivity index (χ2v) is 4.74. The summed E-state index contributed by atoms with van der Waals surface area (Å²) in [5.41, 5.74) is 8.94. The van der Waals surface area contributed by atoms with E-state index in [1.54, 1.807) is 7.11 Å². The first-order chi connectivity index (χ1) is 9.04. The summed E-state index contributed by atoms with van der Waals surface area (Å²) in [5.74, 6) is 0.804. The van der Waals surface area contributed by atoms with Gasteiger partial charge in [-0.3, -0.25) is 4.79 Å². The maximum Gasteiger partial charge on any atom is 0.224 e. The van der Waals surface area contributed by atoms with Crippen LogP contribution < -0.4 is 15.8 Å². The second-order valence-electron chi connectivity index (χ2n) is 4.74. The minimum Gasteiger partial charge on any atom is -0.496 e. The lowest BCUT2D eigenvalue weighted by Gasteiger charge is -2.15. The molecule has 1 rings (SSSR count). The Morgan fingerprint density at radius 3 is 2.58 bits per heavy atom. The summed E-state index contributed by atoms with van der Waals surface area (Å²) >= 11 is 0. The number of nitrogens with one attached hydrogen (secondary N) is 1. The molecule has 0 spiro atoms. The number of carbonyl (C=O) groups excluding carboxylic acids is 1. The summed E-state index contributed by atoms with van der Waals surface area (Å²) in [7, 11) is 1.66. The third-order valence-electron chi connectivity index (χ3n) is 3.67. The Morgan fingerprint density at radius 2 is 2.05 bits per heavy atom. The zero-order chi connectivity index (χ0) is 14.4. The van der Waals surface area contributed by atoms with Crippen LogP contribution in [0.3, 0.4) is 0 Å². The van der Waals surface area contributed by atoms with Crippen LogP contribution in [0.25, 0.3) is 0 Å². The lowest BCUT2D eigenvalue weighted by Crippen LogP contribution is -2.34. The average Bonchev–Trinajstić information content (AvgIpc) is 2.42. The number of rotatable bonds is 6. The lowest BCUT2D eigenvalue weighted by molar-refractivity contribution is -0.124. The molecule has 0 aliphatic rings. The van der Waals surface area contributed by atoms with Crippen molar-refractivity contribution in [2.24, 2.45) is 11.7 Å². The largest absolute Gasteiger partial charge is 0.496 e. The minimum atomic E-state index is -0.0975. The van der Waals surface area contributed by atoms with Gasteiger partial charge >= 0.3 is 0 Å². The molecule has 106 valence electrons. The molecule has 0 fully saturated rings. The topological polar surface area (TPSA) is 64.4 Å². The molecule has 1 aromatic rings. The van der Waals surface area contributed by atoms with Crippen molar-refractivity contribution in [2.45, 2.75) is 33.7 Å². The third-order valence-corrected chi connectivity index (χ3v) is 3.67. The molecule has 0 aliphatic carbocycles. The predicted octanol–water partition coefficient (Wildman–Crippen LogP) is 1.91. The Balaban J connectivity index is 2.74. The molecule has 0 aromatic heterocycles. The highest BCUT2D eigenvalue weighted by atomic mass is 16.5. The fraction of sp³-hybridized carbons (Fsp3) is 0.533. The summed E-state index contributed by atoms with van der Waals surface area (Å²) in [5, 5.41) is 2.95. The summed E-state index contributed by atoms with van der Waals surface area (Å²) in [4.78, 5) is 11.9. The van der Waals surface area contributed by atoms with E-state index in [9.17, 15) is 4.79 Å². The highest BCUT2D eigenvalue weighted by Gasteiger charge is 2.14. The molecular weight excluding hydrogens is 240 g/mol. The number of amides is 1. The van der Waals surface area contributed by atoms with Crippen molar-refractivity contribution in [3.05, 3.63) is 28.8 Å². The van der Waals surface area contributed by atoms with E-state index < -0.39 is 0 Å². The van der Waals surface area contributed by atoms with Crippen LogP contribution in [-0.4, -0.2) is 19.6 Å². The molecule has 0 heterocycles. The molecule has 3 N–H and O–H groups in total. The zero-order valence-corrected chi connectivity index (χ0v) is 12.2. The second kappa shape index (κ2) is 7.14. The summed E-state index contributed by atoms with van der Waals surface area (Å²) in [6.45, 7) is 6.96. The monoisotopic (exact) mass is 264 g/mol. The number of ether oxygens (including phenoxy) is 1. The molecule has 0 radical (unpaired) electrons. The fourth-order valence-corrected chi connectivity index (χ4v) is 2.05. The molecule has 1 unspecified atom stereocenters. The van der Waals surface area contributed by atoms with Gasteiger partial charge in [-0.1, -0.05) is 13.0 Å². The molecule has 1 aromatic carbocycles. The van der Waals surface area contributed by atoms with E-state index in [1.807, 2.05) is 32.9 Å². The van der Waals surface area contributed by atoms with E-state index in [-0.39, 0.29) is 11.8 Å².